The molecular weight excluding hydrogens is 148 g/mol. The third kappa shape index (κ3) is 1.10. The summed E-state index contributed by atoms with van der Waals surface area (Å²) in [5.74, 6) is 0. The SMILES string of the molecule is CC1(C)CCC[C@]2(C)C[C@]2(O)C1. The molecule has 2 saturated carbocycles. The Morgan fingerprint density at radius 2 is 1.67 bits per heavy atom. The molecule has 70 valence electrons. The van der Waals surface area contributed by atoms with Gasteiger partial charge in [-0.25, -0.2) is 0 Å². The Labute approximate surface area is 75.2 Å². The van der Waals surface area contributed by atoms with Gasteiger partial charge in [0.1, 0.15) is 0 Å². The molecule has 2 fully saturated rings. The molecular formula is C11H20O. The highest BCUT2D eigenvalue weighted by Gasteiger charge is 2.64. The molecule has 1 heteroatoms. The second kappa shape index (κ2) is 2.06. The van der Waals surface area contributed by atoms with Crippen molar-refractivity contribution in [1.82, 2.24) is 0 Å². The normalized spacial score (nSPS) is 51.0. The van der Waals surface area contributed by atoms with E-state index in [0.29, 0.717) is 5.41 Å². The first kappa shape index (κ1) is 8.55. The van der Waals surface area contributed by atoms with Crippen molar-refractivity contribution in [3.8, 4) is 0 Å². The molecule has 0 heterocycles. The summed E-state index contributed by atoms with van der Waals surface area (Å²) in [7, 11) is 0. The Morgan fingerprint density at radius 3 is 2.33 bits per heavy atom. The average molecular weight is 168 g/mol. The fourth-order valence-corrected chi connectivity index (χ4v) is 3.04. The van der Waals surface area contributed by atoms with Crippen LogP contribution in [0.3, 0.4) is 0 Å². The molecule has 2 atom stereocenters. The molecule has 12 heavy (non-hydrogen) atoms. The van der Waals surface area contributed by atoms with Crippen LogP contribution in [0.15, 0.2) is 0 Å². The lowest BCUT2D eigenvalue weighted by Crippen LogP contribution is -2.23. The largest absolute Gasteiger partial charge is 0.389 e. The second-order valence-corrected chi connectivity index (χ2v) is 5.96. The molecule has 0 aromatic heterocycles. The second-order valence-electron chi connectivity index (χ2n) is 5.96. The molecule has 1 N–H and O–H groups in total. The Morgan fingerprint density at radius 1 is 1.00 bits per heavy atom. The van der Waals surface area contributed by atoms with Crippen molar-refractivity contribution in [2.45, 2.75) is 58.5 Å². The van der Waals surface area contributed by atoms with Gasteiger partial charge in [-0.15, -0.1) is 0 Å². The summed E-state index contributed by atoms with van der Waals surface area (Å²) in [4.78, 5) is 0. The van der Waals surface area contributed by atoms with E-state index in [4.69, 9.17) is 0 Å². The van der Waals surface area contributed by atoms with Gasteiger partial charge < -0.3 is 5.11 Å². The zero-order valence-corrected chi connectivity index (χ0v) is 8.48. The van der Waals surface area contributed by atoms with E-state index in [2.05, 4.69) is 20.8 Å². The van der Waals surface area contributed by atoms with Crippen LogP contribution in [-0.2, 0) is 0 Å². The van der Waals surface area contributed by atoms with Crippen molar-refractivity contribution in [2.24, 2.45) is 10.8 Å². The lowest BCUT2D eigenvalue weighted by molar-refractivity contribution is 0.0638. The minimum Gasteiger partial charge on any atom is -0.389 e. The maximum atomic E-state index is 10.2. The van der Waals surface area contributed by atoms with Crippen LogP contribution in [0.2, 0.25) is 0 Å². The van der Waals surface area contributed by atoms with E-state index in [1.807, 2.05) is 0 Å². The van der Waals surface area contributed by atoms with E-state index in [1.54, 1.807) is 0 Å². The summed E-state index contributed by atoms with van der Waals surface area (Å²) < 4.78 is 0. The lowest BCUT2D eigenvalue weighted by Gasteiger charge is -2.26. The average Bonchev–Trinajstić information content (AvgIpc) is 2.30. The van der Waals surface area contributed by atoms with Gasteiger partial charge in [-0.1, -0.05) is 27.2 Å². The molecule has 0 unspecified atom stereocenters. The van der Waals surface area contributed by atoms with Gasteiger partial charge in [0, 0.05) is 0 Å². The van der Waals surface area contributed by atoms with Crippen molar-refractivity contribution in [1.29, 1.82) is 0 Å². The first-order chi connectivity index (χ1) is 5.37. The molecule has 0 spiro atoms. The highest BCUT2D eigenvalue weighted by molar-refractivity contribution is 5.16. The van der Waals surface area contributed by atoms with E-state index in [1.165, 1.54) is 19.3 Å². The van der Waals surface area contributed by atoms with Crippen molar-refractivity contribution >= 4 is 0 Å². The Kier molecular flexibility index (Phi) is 1.47. The molecule has 0 aromatic carbocycles. The zero-order chi connectivity index (χ0) is 9.04. The minimum atomic E-state index is -0.299. The molecule has 0 saturated heterocycles. The number of hydrogen-bond donors (Lipinski definition) is 1. The molecule has 0 amide bonds. The van der Waals surface area contributed by atoms with Crippen molar-refractivity contribution in [3.05, 3.63) is 0 Å². The smallest absolute Gasteiger partial charge is 0.0713 e. The van der Waals surface area contributed by atoms with E-state index >= 15 is 0 Å². The fraction of sp³-hybridized carbons (Fsp3) is 1.00. The Hall–Kier alpha value is -0.0400. The van der Waals surface area contributed by atoms with Gasteiger partial charge in [0.05, 0.1) is 5.60 Å². The van der Waals surface area contributed by atoms with Gasteiger partial charge in [0.25, 0.3) is 0 Å². The van der Waals surface area contributed by atoms with Gasteiger partial charge in [-0.2, -0.15) is 0 Å². The molecule has 2 rings (SSSR count). The number of rotatable bonds is 0. The first-order valence-electron chi connectivity index (χ1n) is 5.09. The zero-order valence-electron chi connectivity index (χ0n) is 8.48. The van der Waals surface area contributed by atoms with Crippen LogP contribution >= 0.6 is 0 Å². The van der Waals surface area contributed by atoms with Crippen LogP contribution in [0.4, 0.5) is 0 Å². The predicted molar refractivity (Wildman–Crippen MR) is 49.9 cm³/mol. The van der Waals surface area contributed by atoms with E-state index in [-0.39, 0.29) is 11.0 Å². The molecule has 1 nitrogen and oxygen atoms in total. The summed E-state index contributed by atoms with van der Waals surface area (Å²) in [5.41, 5.74) is 0.344. The molecule has 0 bridgehead atoms. The van der Waals surface area contributed by atoms with Crippen LogP contribution in [0.25, 0.3) is 0 Å². The van der Waals surface area contributed by atoms with Gasteiger partial charge in [0.15, 0.2) is 0 Å². The number of fused-ring (bicyclic) bond motifs is 1. The molecule has 0 radical (unpaired) electrons. The first-order valence-corrected chi connectivity index (χ1v) is 5.09. The number of hydrogen-bond acceptors (Lipinski definition) is 1. The van der Waals surface area contributed by atoms with Crippen LogP contribution in [0, 0.1) is 10.8 Å². The van der Waals surface area contributed by atoms with E-state index in [0.717, 1.165) is 12.8 Å². The molecule has 2 aliphatic carbocycles. The van der Waals surface area contributed by atoms with Crippen molar-refractivity contribution in [3.63, 3.8) is 0 Å². The van der Waals surface area contributed by atoms with Crippen LogP contribution < -0.4 is 0 Å². The Bertz CT molecular complexity index is 209. The highest BCUT2D eigenvalue weighted by atomic mass is 16.3. The number of aliphatic hydroxyl groups is 1. The van der Waals surface area contributed by atoms with Crippen LogP contribution in [-0.4, -0.2) is 10.7 Å². The maximum absolute atomic E-state index is 10.2. The highest BCUT2D eigenvalue weighted by Crippen LogP contribution is 2.65. The van der Waals surface area contributed by atoms with Crippen LogP contribution in [0.1, 0.15) is 52.9 Å². The molecule has 0 aromatic rings. The summed E-state index contributed by atoms with van der Waals surface area (Å²) in [5, 5.41) is 10.2. The molecule has 0 aliphatic heterocycles. The molecule has 2 aliphatic rings. The van der Waals surface area contributed by atoms with Crippen LogP contribution in [0.5, 0.6) is 0 Å². The summed E-state index contributed by atoms with van der Waals surface area (Å²) in [6.07, 6.45) is 5.86. The van der Waals surface area contributed by atoms with Crippen molar-refractivity contribution in [2.75, 3.05) is 0 Å². The topological polar surface area (TPSA) is 20.2 Å². The van der Waals surface area contributed by atoms with Gasteiger partial charge in [-0.05, 0) is 36.5 Å². The summed E-state index contributed by atoms with van der Waals surface area (Å²) in [6, 6.07) is 0. The summed E-state index contributed by atoms with van der Waals surface area (Å²) in [6.45, 7) is 6.82. The lowest BCUT2D eigenvalue weighted by atomic mass is 9.82. The predicted octanol–water partition coefficient (Wildman–Crippen LogP) is 2.73. The van der Waals surface area contributed by atoms with Gasteiger partial charge in [0.2, 0.25) is 0 Å². The van der Waals surface area contributed by atoms with Gasteiger partial charge in [-0.3, -0.25) is 0 Å². The van der Waals surface area contributed by atoms with E-state index in [9.17, 15) is 5.11 Å². The Balaban J connectivity index is 2.18. The summed E-state index contributed by atoms with van der Waals surface area (Å²) >= 11 is 0. The minimum absolute atomic E-state index is 0.279. The quantitative estimate of drug-likeness (QED) is 0.589. The maximum Gasteiger partial charge on any atom is 0.0713 e. The van der Waals surface area contributed by atoms with Gasteiger partial charge >= 0.3 is 0 Å². The van der Waals surface area contributed by atoms with Crippen molar-refractivity contribution < 1.29 is 5.11 Å². The third-order valence-corrected chi connectivity index (χ3v) is 4.03. The fourth-order valence-electron chi connectivity index (χ4n) is 3.04. The third-order valence-electron chi connectivity index (χ3n) is 4.03. The standard InChI is InChI=1S/C11H20O/c1-9(2)5-4-6-10(3)8-11(10,12)7-9/h12H,4-8H2,1-3H3/t10-,11-/m1/s1. The van der Waals surface area contributed by atoms with E-state index < -0.39 is 0 Å². The monoisotopic (exact) mass is 168 g/mol.